The number of hydrogen-bond acceptors (Lipinski definition) is 5. The first-order valence-corrected chi connectivity index (χ1v) is 10.8. The maximum absolute atomic E-state index is 13.1. The highest BCUT2D eigenvalue weighted by atomic mass is 35.5. The molecule has 0 atom stereocenters. The molecule has 0 saturated carbocycles. The Morgan fingerprint density at radius 3 is 2.00 bits per heavy atom. The van der Waals surface area contributed by atoms with Gasteiger partial charge < -0.3 is 5.32 Å². The minimum Gasteiger partial charge on any atom is -0.324 e. The van der Waals surface area contributed by atoms with E-state index < -0.39 is 29.5 Å². The molecule has 2 aromatic carbocycles. The Hall–Kier alpha value is -3.15. The second-order valence-electron chi connectivity index (χ2n) is 7.63. The second-order valence-corrected chi connectivity index (χ2v) is 8.03. The molecule has 0 spiro atoms. The molecule has 0 radical (unpaired) electrons. The summed E-state index contributed by atoms with van der Waals surface area (Å²) in [6, 6.07) is 11.2. The van der Waals surface area contributed by atoms with E-state index in [1.54, 1.807) is 23.1 Å². The number of rotatable bonds is 6. The van der Waals surface area contributed by atoms with Gasteiger partial charge in [0.05, 0.1) is 34.9 Å². The van der Waals surface area contributed by atoms with Crippen molar-refractivity contribution in [2.24, 2.45) is 0 Å². The largest absolute Gasteiger partial charge is 0.418 e. The Morgan fingerprint density at radius 1 is 0.824 bits per heavy atom. The van der Waals surface area contributed by atoms with Crippen molar-refractivity contribution in [2.75, 3.05) is 44.6 Å². The van der Waals surface area contributed by atoms with E-state index >= 15 is 0 Å². The van der Waals surface area contributed by atoms with Crippen molar-refractivity contribution in [3.63, 3.8) is 0 Å². The normalized spacial score (nSPS) is 14.9. The molecule has 3 N–H and O–H groups in total. The number of anilines is 1. The predicted molar refractivity (Wildman–Crippen MR) is 120 cm³/mol. The molecule has 1 fully saturated rings. The van der Waals surface area contributed by atoms with E-state index in [-0.39, 0.29) is 29.4 Å². The molecule has 0 bridgehead atoms. The lowest BCUT2D eigenvalue weighted by molar-refractivity contribution is -0.137. The van der Waals surface area contributed by atoms with Crippen LogP contribution < -0.4 is 16.2 Å². The molecule has 8 nitrogen and oxygen atoms in total. The summed E-state index contributed by atoms with van der Waals surface area (Å²) in [7, 11) is 0. The molecule has 1 aliphatic heterocycles. The van der Waals surface area contributed by atoms with E-state index in [9.17, 15) is 27.6 Å². The van der Waals surface area contributed by atoms with Crippen molar-refractivity contribution >= 4 is 35.0 Å². The second kappa shape index (κ2) is 11.3. The summed E-state index contributed by atoms with van der Waals surface area (Å²) in [6.07, 6.45) is -4.57. The molecule has 12 heteroatoms. The van der Waals surface area contributed by atoms with E-state index in [4.69, 9.17) is 11.6 Å². The summed E-state index contributed by atoms with van der Waals surface area (Å²) in [5.41, 5.74) is 3.69. The summed E-state index contributed by atoms with van der Waals surface area (Å²) in [5.74, 6) is -1.51. The maximum Gasteiger partial charge on any atom is 0.418 e. The Morgan fingerprint density at radius 2 is 1.38 bits per heavy atom. The van der Waals surface area contributed by atoms with Gasteiger partial charge in [0.2, 0.25) is 5.91 Å². The lowest BCUT2D eigenvalue weighted by Gasteiger charge is -2.33. The van der Waals surface area contributed by atoms with Gasteiger partial charge in [-0.2, -0.15) is 13.2 Å². The SMILES string of the molecule is O=C(CN1CCN(CC(=O)Nc2ccccc2C(F)(F)F)CC1)NNC(=O)c1ccccc1Cl. The minimum atomic E-state index is -4.57. The number of hydrazine groups is 1. The molecule has 1 saturated heterocycles. The fourth-order valence-electron chi connectivity index (χ4n) is 3.42. The first-order chi connectivity index (χ1) is 16.1. The molecule has 2 aromatic rings. The predicted octanol–water partition coefficient (Wildman–Crippen LogP) is 2.38. The number of hydrogen-bond donors (Lipinski definition) is 3. The molecule has 34 heavy (non-hydrogen) atoms. The van der Waals surface area contributed by atoms with Gasteiger partial charge in [0, 0.05) is 26.2 Å². The maximum atomic E-state index is 13.1. The van der Waals surface area contributed by atoms with Gasteiger partial charge in [-0.3, -0.25) is 35.0 Å². The van der Waals surface area contributed by atoms with Gasteiger partial charge in [0.1, 0.15) is 0 Å². The molecule has 0 unspecified atom stereocenters. The number of piperazine rings is 1. The zero-order valence-corrected chi connectivity index (χ0v) is 18.7. The number of carbonyl (C=O) groups excluding carboxylic acids is 3. The monoisotopic (exact) mass is 497 g/mol. The van der Waals surface area contributed by atoms with Gasteiger partial charge in [0.15, 0.2) is 0 Å². The highest BCUT2D eigenvalue weighted by Crippen LogP contribution is 2.34. The van der Waals surface area contributed by atoms with Gasteiger partial charge in [-0.15, -0.1) is 0 Å². The van der Waals surface area contributed by atoms with Crippen LogP contribution in [0.3, 0.4) is 0 Å². The number of nitrogens with zero attached hydrogens (tertiary/aromatic N) is 2. The lowest BCUT2D eigenvalue weighted by Crippen LogP contribution is -2.52. The molecule has 0 aliphatic carbocycles. The van der Waals surface area contributed by atoms with Crippen LogP contribution in [0, 0.1) is 0 Å². The van der Waals surface area contributed by atoms with Crippen LogP contribution in [0.4, 0.5) is 18.9 Å². The number of amides is 3. The first-order valence-electron chi connectivity index (χ1n) is 10.4. The van der Waals surface area contributed by atoms with Gasteiger partial charge in [0.25, 0.3) is 11.8 Å². The van der Waals surface area contributed by atoms with E-state index in [0.717, 1.165) is 6.07 Å². The number of halogens is 4. The fraction of sp³-hybridized carbons (Fsp3) is 0.318. The third-order valence-electron chi connectivity index (χ3n) is 5.14. The van der Waals surface area contributed by atoms with Gasteiger partial charge in [-0.25, -0.2) is 0 Å². The highest BCUT2D eigenvalue weighted by Gasteiger charge is 2.33. The fourth-order valence-corrected chi connectivity index (χ4v) is 3.64. The summed E-state index contributed by atoms with van der Waals surface area (Å²) in [6.45, 7) is 1.81. The smallest absolute Gasteiger partial charge is 0.324 e. The molecular weight excluding hydrogens is 475 g/mol. The van der Waals surface area contributed by atoms with Gasteiger partial charge in [-0.05, 0) is 24.3 Å². The van der Waals surface area contributed by atoms with E-state index in [1.807, 2.05) is 4.90 Å². The van der Waals surface area contributed by atoms with Crippen molar-refractivity contribution < 1.29 is 27.6 Å². The molecule has 1 aliphatic rings. The van der Waals surface area contributed by atoms with Crippen LogP contribution in [0.2, 0.25) is 5.02 Å². The Balaban J connectivity index is 1.40. The zero-order valence-electron chi connectivity index (χ0n) is 18.0. The summed E-state index contributed by atoms with van der Waals surface area (Å²) >= 11 is 5.95. The van der Waals surface area contributed by atoms with E-state index in [1.165, 1.54) is 24.3 Å². The van der Waals surface area contributed by atoms with Crippen LogP contribution >= 0.6 is 11.6 Å². The molecule has 3 rings (SSSR count). The Labute approximate surface area is 199 Å². The van der Waals surface area contributed by atoms with Crippen molar-refractivity contribution in [3.05, 3.63) is 64.7 Å². The third kappa shape index (κ3) is 7.17. The van der Waals surface area contributed by atoms with Crippen LogP contribution in [0.1, 0.15) is 15.9 Å². The molecule has 3 amide bonds. The number of para-hydroxylation sites is 1. The van der Waals surface area contributed by atoms with Crippen molar-refractivity contribution in [3.8, 4) is 0 Å². The molecule has 182 valence electrons. The quantitative estimate of drug-likeness (QED) is 0.533. The number of benzene rings is 2. The summed E-state index contributed by atoms with van der Waals surface area (Å²) in [5, 5.41) is 2.59. The van der Waals surface area contributed by atoms with Gasteiger partial charge >= 0.3 is 6.18 Å². The lowest BCUT2D eigenvalue weighted by atomic mass is 10.1. The molecular formula is C22H23ClF3N5O3. The van der Waals surface area contributed by atoms with E-state index in [0.29, 0.717) is 26.2 Å². The summed E-state index contributed by atoms with van der Waals surface area (Å²) < 4.78 is 39.2. The third-order valence-corrected chi connectivity index (χ3v) is 5.47. The van der Waals surface area contributed by atoms with Crippen LogP contribution in [-0.4, -0.2) is 66.8 Å². The van der Waals surface area contributed by atoms with Gasteiger partial charge in [-0.1, -0.05) is 35.9 Å². The van der Waals surface area contributed by atoms with Crippen molar-refractivity contribution in [2.45, 2.75) is 6.18 Å². The number of alkyl halides is 3. The van der Waals surface area contributed by atoms with E-state index in [2.05, 4.69) is 16.2 Å². The Bertz CT molecular complexity index is 1040. The molecule has 0 aromatic heterocycles. The minimum absolute atomic E-state index is 0.0296. The molecule has 1 heterocycles. The number of carbonyl (C=O) groups is 3. The van der Waals surface area contributed by atoms with Crippen molar-refractivity contribution in [1.29, 1.82) is 0 Å². The zero-order chi connectivity index (χ0) is 24.7. The Kier molecular flexibility index (Phi) is 8.48. The van der Waals surface area contributed by atoms with Crippen LogP contribution in [0.25, 0.3) is 0 Å². The highest BCUT2D eigenvalue weighted by molar-refractivity contribution is 6.33. The van der Waals surface area contributed by atoms with Crippen LogP contribution in [0.15, 0.2) is 48.5 Å². The first kappa shape index (κ1) is 25.5. The average Bonchev–Trinajstić information content (AvgIpc) is 2.79. The van der Waals surface area contributed by atoms with Crippen molar-refractivity contribution in [1.82, 2.24) is 20.7 Å². The van der Waals surface area contributed by atoms with Crippen LogP contribution in [-0.2, 0) is 15.8 Å². The topological polar surface area (TPSA) is 93.8 Å². The summed E-state index contributed by atoms with van der Waals surface area (Å²) in [4.78, 5) is 40.1. The standard InChI is InChI=1S/C22H23ClF3N5O3/c23-17-7-3-1-5-15(17)21(34)29-28-20(33)14-31-11-9-30(10-12-31)13-19(32)27-18-8-4-2-6-16(18)22(24,25)26/h1-8H,9-14H2,(H,27,32)(H,28,33)(H,29,34). The van der Waals surface area contributed by atoms with Crippen LogP contribution in [0.5, 0.6) is 0 Å². The average molecular weight is 498 g/mol. The number of nitrogens with one attached hydrogen (secondary N) is 3.